The molecule has 4 heteroatoms. The van der Waals surface area contributed by atoms with Gasteiger partial charge in [-0.25, -0.2) is 4.79 Å². The third kappa shape index (κ3) is 7.21. The average Bonchev–Trinajstić information content (AvgIpc) is 2.36. The molecule has 110 valence electrons. The molecule has 0 aromatic carbocycles. The van der Waals surface area contributed by atoms with Crippen LogP contribution in [0.4, 0.5) is 4.79 Å². The van der Waals surface area contributed by atoms with Gasteiger partial charge in [0.1, 0.15) is 0 Å². The van der Waals surface area contributed by atoms with E-state index in [0.717, 1.165) is 25.7 Å². The highest BCUT2D eigenvalue weighted by atomic mass is 16.3. The minimum Gasteiger partial charge on any atom is -0.388 e. The number of amides is 2. The van der Waals surface area contributed by atoms with Gasteiger partial charge in [0.15, 0.2) is 0 Å². The first-order chi connectivity index (χ1) is 8.89. The van der Waals surface area contributed by atoms with Crippen molar-refractivity contribution in [3.8, 4) is 0 Å². The SMILES string of the molecule is CC(C)CCC(C)(O)CNC(=O)NC1C=CCCC1. The number of hydrogen-bond acceptors (Lipinski definition) is 2. The molecule has 0 aromatic rings. The molecule has 1 aliphatic rings. The van der Waals surface area contributed by atoms with Gasteiger partial charge in [-0.2, -0.15) is 0 Å². The van der Waals surface area contributed by atoms with E-state index < -0.39 is 5.60 Å². The monoisotopic (exact) mass is 268 g/mol. The molecule has 0 saturated heterocycles. The van der Waals surface area contributed by atoms with Crippen molar-refractivity contribution in [2.75, 3.05) is 6.54 Å². The maximum atomic E-state index is 11.7. The summed E-state index contributed by atoms with van der Waals surface area (Å²) in [7, 11) is 0. The van der Waals surface area contributed by atoms with Gasteiger partial charge < -0.3 is 15.7 Å². The van der Waals surface area contributed by atoms with Crippen molar-refractivity contribution >= 4 is 6.03 Å². The summed E-state index contributed by atoms with van der Waals surface area (Å²) in [5.41, 5.74) is -0.829. The maximum absolute atomic E-state index is 11.7. The molecule has 0 radical (unpaired) electrons. The summed E-state index contributed by atoms with van der Waals surface area (Å²) in [4.78, 5) is 11.7. The van der Waals surface area contributed by atoms with E-state index in [2.05, 4.69) is 30.6 Å². The molecule has 2 atom stereocenters. The zero-order valence-electron chi connectivity index (χ0n) is 12.4. The number of aliphatic hydroxyl groups is 1. The molecule has 0 aliphatic heterocycles. The van der Waals surface area contributed by atoms with Gasteiger partial charge in [0.25, 0.3) is 0 Å². The highest BCUT2D eigenvalue weighted by molar-refractivity contribution is 5.74. The summed E-state index contributed by atoms with van der Waals surface area (Å²) < 4.78 is 0. The van der Waals surface area contributed by atoms with Gasteiger partial charge in [0.2, 0.25) is 0 Å². The predicted molar refractivity (Wildman–Crippen MR) is 78.0 cm³/mol. The number of hydrogen-bond donors (Lipinski definition) is 3. The second-order valence-electron chi connectivity index (χ2n) is 6.22. The average molecular weight is 268 g/mol. The Morgan fingerprint density at radius 2 is 2.26 bits per heavy atom. The molecule has 0 bridgehead atoms. The molecule has 2 unspecified atom stereocenters. The van der Waals surface area contributed by atoms with Gasteiger partial charge in [-0.3, -0.25) is 0 Å². The summed E-state index contributed by atoms with van der Waals surface area (Å²) in [6, 6.07) is -0.0595. The van der Waals surface area contributed by atoms with E-state index in [1.807, 2.05) is 6.08 Å². The van der Waals surface area contributed by atoms with Crippen LogP contribution in [0.25, 0.3) is 0 Å². The fraction of sp³-hybridized carbons (Fsp3) is 0.800. The van der Waals surface area contributed by atoms with Gasteiger partial charge in [-0.15, -0.1) is 0 Å². The van der Waals surface area contributed by atoms with Gasteiger partial charge in [0.05, 0.1) is 5.60 Å². The number of carbonyl (C=O) groups is 1. The minimum atomic E-state index is -0.829. The fourth-order valence-corrected chi connectivity index (χ4v) is 2.11. The zero-order chi connectivity index (χ0) is 14.3. The Hall–Kier alpha value is -1.03. The molecule has 0 spiro atoms. The van der Waals surface area contributed by atoms with Crippen LogP contribution >= 0.6 is 0 Å². The first kappa shape index (κ1) is 16.0. The maximum Gasteiger partial charge on any atom is 0.315 e. The zero-order valence-corrected chi connectivity index (χ0v) is 12.4. The third-order valence-electron chi connectivity index (χ3n) is 3.46. The van der Waals surface area contributed by atoms with Gasteiger partial charge in [-0.05, 0) is 44.9 Å². The smallest absolute Gasteiger partial charge is 0.315 e. The topological polar surface area (TPSA) is 61.4 Å². The number of rotatable bonds is 6. The van der Waals surface area contributed by atoms with E-state index in [4.69, 9.17) is 0 Å². The molecule has 19 heavy (non-hydrogen) atoms. The fourth-order valence-electron chi connectivity index (χ4n) is 2.11. The molecule has 1 rings (SSSR count). The standard InChI is InChI=1S/C15H28N2O2/c1-12(2)9-10-15(3,19)11-16-14(18)17-13-7-5-4-6-8-13/h5,7,12-13,19H,4,6,8-11H2,1-3H3,(H2,16,17,18). The van der Waals surface area contributed by atoms with Crippen molar-refractivity contribution in [2.45, 2.75) is 64.5 Å². The molecule has 4 nitrogen and oxygen atoms in total. The lowest BCUT2D eigenvalue weighted by Crippen LogP contribution is -2.47. The summed E-state index contributed by atoms with van der Waals surface area (Å²) in [5.74, 6) is 0.563. The minimum absolute atomic E-state index is 0.134. The summed E-state index contributed by atoms with van der Waals surface area (Å²) in [6.45, 7) is 6.33. The van der Waals surface area contributed by atoms with Gasteiger partial charge in [-0.1, -0.05) is 26.0 Å². The van der Waals surface area contributed by atoms with Crippen LogP contribution in [0, 0.1) is 5.92 Å². The van der Waals surface area contributed by atoms with Crippen LogP contribution in [0.2, 0.25) is 0 Å². The van der Waals surface area contributed by atoms with E-state index in [1.54, 1.807) is 6.92 Å². The van der Waals surface area contributed by atoms with E-state index in [1.165, 1.54) is 0 Å². The number of carbonyl (C=O) groups excluding carboxylic acids is 1. The quantitative estimate of drug-likeness (QED) is 0.648. The van der Waals surface area contributed by atoms with Crippen LogP contribution in [0.5, 0.6) is 0 Å². The molecular weight excluding hydrogens is 240 g/mol. The van der Waals surface area contributed by atoms with E-state index in [0.29, 0.717) is 18.9 Å². The van der Waals surface area contributed by atoms with Crippen LogP contribution in [-0.2, 0) is 0 Å². The van der Waals surface area contributed by atoms with Crippen molar-refractivity contribution < 1.29 is 9.90 Å². The second kappa shape index (κ2) is 7.53. The Kier molecular flexibility index (Phi) is 6.35. The lowest BCUT2D eigenvalue weighted by Gasteiger charge is -2.25. The molecule has 0 fully saturated rings. The van der Waals surface area contributed by atoms with E-state index in [-0.39, 0.29) is 12.1 Å². The number of nitrogens with one attached hydrogen (secondary N) is 2. The van der Waals surface area contributed by atoms with Crippen LogP contribution < -0.4 is 10.6 Å². The van der Waals surface area contributed by atoms with Crippen LogP contribution in [0.15, 0.2) is 12.2 Å². The summed E-state index contributed by atoms with van der Waals surface area (Å²) >= 11 is 0. The lowest BCUT2D eigenvalue weighted by molar-refractivity contribution is 0.0476. The van der Waals surface area contributed by atoms with Crippen LogP contribution in [0.1, 0.15) is 52.9 Å². The molecule has 2 amide bonds. The molecule has 0 aromatic heterocycles. The summed E-state index contributed by atoms with van der Waals surface area (Å²) in [5, 5.41) is 15.8. The first-order valence-electron chi connectivity index (χ1n) is 7.32. The Morgan fingerprint density at radius 3 is 2.84 bits per heavy atom. The molecule has 0 saturated carbocycles. The Morgan fingerprint density at radius 1 is 1.53 bits per heavy atom. The van der Waals surface area contributed by atoms with Gasteiger partial charge in [0, 0.05) is 12.6 Å². The van der Waals surface area contributed by atoms with Crippen molar-refractivity contribution in [3.05, 3.63) is 12.2 Å². The van der Waals surface area contributed by atoms with Gasteiger partial charge >= 0.3 is 6.03 Å². The molecule has 1 aliphatic carbocycles. The van der Waals surface area contributed by atoms with Crippen molar-refractivity contribution in [1.29, 1.82) is 0 Å². The second-order valence-corrected chi connectivity index (χ2v) is 6.22. The first-order valence-corrected chi connectivity index (χ1v) is 7.32. The molecular formula is C15H28N2O2. The Labute approximate surface area is 116 Å². The van der Waals surface area contributed by atoms with E-state index >= 15 is 0 Å². The normalized spacial score (nSPS) is 22.1. The Balaban J connectivity index is 2.24. The molecule has 0 heterocycles. The van der Waals surface area contributed by atoms with Crippen molar-refractivity contribution in [1.82, 2.24) is 10.6 Å². The Bertz CT molecular complexity index is 311. The summed E-state index contributed by atoms with van der Waals surface area (Å²) in [6.07, 6.45) is 9.02. The highest BCUT2D eigenvalue weighted by Gasteiger charge is 2.22. The van der Waals surface area contributed by atoms with Crippen LogP contribution in [-0.4, -0.2) is 29.3 Å². The van der Waals surface area contributed by atoms with Crippen molar-refractivity contribution in [3.63, 3.8) is 0 Å². The number of allylic oxidation sites excluding steroid dienone is 1. The third-order valence-corrected chi connectivity index (χ3v) is 3.46. The lowest BCUT2D eigenvalue weighted by atomic mass is 9.95. The van der Waals surface area contributed by atoms with E-state index in [9.17, 15) is 9.90 Å². The predicted octanol–water partition coefficient (Wildman–Crippen LogP) is 2.58. The van der Waals surface area contributed by atoms with Crippen LogP contribution in [0.3, 0.4) is 0 Å². The largest absolute Gasteiger partial charge is 0.388 e. The van der Waals surface area contributed by atoms with Crippen molar-refractivity contribution in [2.24, 2.45) is 5.92 Å². The number of urea groups is 1. The highest BCUT2D eigenvalue weighted by Crippen LogP contribution is 2.15. The molecule has 3 N–H and O–H groups in total.